The van der Waals surface area contributed by atoms with Crippen molar-refractivity contribution in [3.8, 4) is 0 Å². The second-order valence-electron chi connectivity index (χ2n) is 9.51. The van der Waals surface area contributed by atoms with Crippen LogP contribution in [0.25, 0.3) is 0 Å². The van der Waals surface area contributed by atoms with Gasteiger partial charge in [-0.3, -0.25) is 9.48 Å². The van der Waals surface area contributed by atoms with Crippen LogP contribution in [0.4, 0.5) is 0 Å². The molecule has 1 atom stereocenters. The monoisotopic (exact) mass is 414 g/mol. The maximum atomic E-state index is 13.3. The largest absolute Gasteiger partial charge is 0.378 e. The molecule has 2 heterocycles. The van der Waals surface area contributed by atoms with Gasteiger partial charge >= 0.3 is 0 Å². The van der Waals surface area contributed by atoms with Crippen LogP contribution >= 0.6 is 0 Å². The summed E-state index contributed by atoms with van der Waals surface area (Å²) in [5, 5.41) is 8.63. The van der Waals surface area contributed by atoms with E-state index in [2.05, 4.69) is 29.9 Å². The van der Waals surface area contributed by atoms with Crippen molar-refractivity contribution in [2.75, 3.05) is 32.8 Å². The van der Waals surface area contributed by atoms with Gasteiger partial charge in [-0.05, 0) is 63.8 Å². The molecule has 1 unspecified atom stereocenters. The smallest absolute Gasteiger partial charge is 0.274 e. The molecule has 2 aliphatic carbocycles. The first kappa shape index (κ1) is 21.6. The summed E-state index contributed by atoms with van der Waals surface area (Å²) in [5.41, 5.74) is 4.79. The van der Waals surface area contributed by atoms with E-state index in [0.29, 0.717) is 44.0 Å². The van der Waals surface area contributed by atoms with Gasteiger partial charge in [-0.25, -0.2) is 0 Å². The number of hydrogen-bond acceptors (Lipinski definition) is 4. The highest BCUT2D eigenvalue weighted by atomic mass is 16.5. The maximum absolute atomic E-state index is 13.3. The Labute approximate surface area is 181 Å². The first-order valence-corrected chi connectivity index (χ1v) is 12.0. The van der Waals surface area contributed by atoms with Crippen LogP contribution in [0.5, 0.6) is 0 Å². The molecule has 1 N–H and O–H groups in total. The van der Waals surface area contributed by atoms with Crippen LogP contribution in [0, 0.1) is 5.92 Å². The van der Waals surface area contributed by atoms with E-state index in [-0.39, 0.29) is 5.91 Å². The first-order valence-electron chi connectivity index (χ1n) is 12.0. The molecule has 166 valence electrons. The van der Waals surface area contributed by atoms with Crippen LogP contribution in [-0.4, -0.2) is 59.5 Å². The molecule has 6 heteroatoms. The molecule has 1 amide bonds. The predicted octanol–water partition coefficient (Wildman–Crippen LogP) is 3.35. The number of carbonyl (C=O) groups excluding carboxylic acids is 1. The highest BCUT2D eigenvalue weighted by Gasteiger charge is 2.31. The highest BCUT2D eigenvalue weighted by molar-refractivity contribution is 5.94. The summed E-state index contributed by atoms with van der Waals surface area (Å²) in [4.78, 5) is 15.2. The maximum Gasteiger partial charge on any atom is 0.274 e. The number of rotatable bonds is 7. The van der Waals surface area contributed by atoms with Crippen molar-refractivity contribution in [1.82, 2.24) is 20.0 Å². The van der Waals surface area contributed by atoms with Crippen LogP contribution in [-0.2, 0) is 24.1 Å². The molecule has 0 saturated carbocycles. The second kappa shape index (κ2) is 10.1. The van der Waals surface area contributed by atoms with Gasteiger partial charge in [0.1, 0.15) is 0 Å². The van der Waals surface area contributed by atoms with Crippen molar-refractivity contribution in [3.63, 3.8) is 0 Å². The van der Waals surface area contributed by atoms with E-state index in [4.69, 9.17) is 9.84 Å². The summed E-state index contributed by atoms with van der Waals surface area (Å²) in [6.07, 6.45) is 11.9. The second-order valence-corrected chi connectivity index (χ2v) is 9.51. The number of nitrogens with zero attached hydrogens (tertiary/aromatic N) is 3. The Morgan fingerprint density at radius 3 is 2.83 bits per heavy atom. The minimum Gasteiger partial charge on any atom is -0.378 e. The molecular weight excluding hydrogens is 376 g/mol. The normalized spacial score (nSPS) is 22.2. The summed E-state index contributed by atoms with van der Waals surface area (Å²) in [7, 11) is 0. The number of nitrogens with one attached hydrogen (secondary N) is 1. The fraction of sp³-hybridized carbons (Fsp3) is 0.750. The zero-order valence-electron chi connectivity index (χ0n) is 18.8. The van der Waals surface area contributed by atoms with Crippen molar-refractivity contribution in [2.24, 2.45) is 5.92 Å². The molecule has 0 radical (unpaired) electrons. The molecule has 30 heavy (non-hydrogen) atoms. The summed E-state index contributed by atoms with van der Waals surface area (Å²) in [5.74, 6) is 0.602. The molecule has 0 bridgehead atoms. The standard InChI is InChI=1S/C24H38N4O2/c1-18(2)17-28-22-9-8-20(25-11-10-19-6-4-3-5-7-19)16-21(22)23(26-28)24(29)27-12-14-30-15-13-27/h6,18,20,25H,3-5,7-17H2,1-2H3. The highest BCUT2D eigenvalue weighted by Crippen LogP contribution is 2.27. The van der Waals surface area contributed by atoms with E-state index >= 15 is 0 Å². The Hall–Kier alpha value is -1.66. The Morgan fingerprint density at radius 1 is 1.27 bits per heavy atom. The Bertz CT molecular complexity index is 762. The zero-order chi connectivity index (χ0) is 20.9. The van der Waals surface area contributed by atoms with E-state index in [1.807, 2.05) is 4.90 Å². The Kier molecular flexibility index (Phi) is 7.26. The van der Waals surface area contributed by atoms with Crippen molar-refractivity contribution in [3.05, 3.63) is 28.6 Å². The van der Waals surface area contributed by atoms with Gasteiger partial charge in [-0.1, -0.05) is 25.5 Å². The lowest BCUT2D eigenvalue weighted by Crippen LogP contribution is -2.42. The number of carbonyl (C=O) groups is 1. The van der Waals surface area contributed by atoms with E-state index in [1.54, 1.807) is 5.57 Å². The molecule has 4 rings (SSSR count). The molecule has 6 nitrogen and oxygen atoms in total. The fourth-order valence-electron chi connectivity index (χ4n) is 5.02. The third-order valence-electron chi connectivity index (χ3n) is 6.65. The first-order chi connectivity index (χ1) is 14.6. The lowest BCUT2D eigenvalue weighted by Gasteiger charge is -2.28. The van der Waals surface area contributed by atoms with Gasteiger partial charge in [0.15, 0.2) is 5.69 Å². The molecule has 1 aromatic rings. The van der Waals surface area contributed by atoms with Crippen molar-refractivity contribution in [2.45, 2.75) is 77.8 Å². The lowest BCUT2D eigenvalue weighted by atomic mass is 9.90. The fourth-order valence-corrected chi connectivity index (χ4v) is 5.02. The van der Waals surface area contributed by atoms with Gasteiger partial charge in [-0.2, -0.15) is 5.10 Å². The number of amides is 1. The summed E-state index contributed by atoms with van der Waals surface area (Å²) >= 11 is 0. The number of ether oxygens (including phenoxy) is 1. The van der Waals surface area contributed by atoms with Crippen molar-refractivity contribution >= 4 is 5.91 Å². The molecule has 0 spiro atoms. The zero-order valence-corrected chi connectivity index (χ0v) is 18.8. The average molecular weight is 415 g/mol. The summed E-state index contributed by atoms with van der Waals surface area (Å²) in [6.45, 7) is 8.93. The predicted molar refractivity (Wildman–Crippen MR) is 119 cm³/mol. The molecule has 1 aromatic heterocycles. The molecular formula is C24H38N4O2. The van der Waals surface area contributed by atoms with E-state index in [0.717, 1.165) is 38.8 Å². The van der Waals surface area contributed by atoms with E-state index < -0.39 is 0 Å². The topological polar surface area (TPSA) is 59.4 Å². The molecule has 3 aliphatic rings. The van der Waals surface area contributed by atoms with Crippen molar-refractivity contribution < 1.29 is 9.53 Å². The van der Waals surface area contributed by atoms with Crippen LogP contribution in [0.2, 0.25) is 0 Å². The molecule has 1 aliphatic heterocycles. The van der Waals surface area contributed by atoms with Crippen molar-refractivity contribution in [1.29, 1.82) is 0 Å². The Morgan fingerprint density at radius 2 is 2.10 bits per heavy atom. The third-order valence-corrected chi connectivity index (χ3v) is 6.65. The lowest BCUT2D eigenvalue weighted by molar-refractivity contribution is 0.0297. The average Bonchev–Trinajstić information content (AvgIpc) is 3.11. The van der Waals surface area contributed by atoms with Gasteiger partial charge in [0, 0.05) is 36.9 Å². The SMILES string of the molecule is CC(C)Cn1nc(C(=O)N2CCOCC2)c2c1CCC(NCCC1=CCCCC1)C2. The van der Waals surface area contributed by atoms with Crippen LogP contribution in [0.15, 0.2) is 11.6 Å². The van der Waals surface area contributed by atoms with Crippen LogP contribution in [0.1, 0.15) is 74.1 Å². The molecule has 0 aromatic carbocycles. The van der Waals surface area contributed by atoms with Gasteiger partial charge in [0.05, 0.1) is 13.2 Å². The number of allylic oxidation sites excluding steroid dienone is 1. The Balaban J connectivity index is 1.45. The third kappa shape index (κ3) is 5.14. The van der Waals surface area contributed by atoms with Gasteiger partial charge in [0.25, 0.3) is 5.91 Å². The van der Waals surface area contributed by atoms with E-state index in [9.17, 15) is 4.79 Å². The summed E-state index contributed by atoms with van der Waals surface area (Å²) < 4.78 is 7.56. The van der Waals surface area contributed by atoms with Gasteiger partial charge in [0.2, 0.25) is 0 Å². The number of fused-ring (bicyclic) bond motifs is 1. The van der Waals surface area contributed by atoms with Gasteiger partial charge < -0.3 is 15.0 Å². The molecule has 1 saturated heterocycles. The minimum absolute atomic E-state index is 0.0880. The van der Waals surface area contributed by atoms with Gasteiger partial charge in [-0.15, -0.1) is 0 Å². The summed E-state index contributed by atoms with van der Waals surface area (Å²) in [6, 6.07) is 0.439. The van der Waals surface area contributed by atoms with E-state index in [1.165, 1.54) is 36.9 Å². The number of hydrogen-bond donors (Lipinski definition) is 1. The number of morpholine rings is 1. The number of aromatic nitrogens is 2. The van der Waals surface area contributed by atoms with Crippen LogP contribution in [0.3, 0.4) is 0 Å². The quantitative estimate of drug-likeness (QED) is 0.695. The van der Waals surface area contributed by atoms with Crippen LogP contribution < -0.4 is 5.32 Å². The molecule has 1 fully saturated rings. The minimum atomic E-state index is 0.0880.